The number of carbonyl (C=O) groups is 1. The number of benzene rings is 2. The van der Waals surface area contributed by atoms with Crippen molar-refractivity contribution in [2.24, 2.45) is 0 Å². The molecular formula is C13H7Cl2FINO. The molecule has 0 radical (unpaired) electrons. The van der Waals surface area contributed by atoms with Crippen LogP contribution in [-0.4, -0.2) is 5.91 Å². The topological polar surface area (TPSA) is 29.1 Å². The van der Waals surface area contributed by atoms with Crippen LogP contribution in [0.3, 0.4) is 0 Å². The van der Waals surface area contributed by atoms with Crippen molar-refractivity contribution >= 4 is 57.4 Å². The Morgan fingerprint density at radius 1 is 1.11 bits per heavy atom. The summed E-state index contributed by atoms with van der Waals surface area (Å²) in [7, 11) is 0. The van der Waals surface area contributed by atoms with Gasteiger partial charge in [-0.1, -0.05) is 23.2 Å². The number of rotatable bonds is 2. The van der Waals surface area contributed by atoms with E-state index >= 15 is 0 Å². The summed E-state index contributed by atoms with van der Waals surface area (Å²) in [5.41, 5.74) is 0.465. The van der Waals surface area contributed by atoms with Crippen LogP contribution in [0.1, 0.15) is 10.4 Å². The summed E-state index contributed by atoms with van der Waals surface area (Å²) in [4.78, 5) is 12.0. The Morgan fingerprint density at radius 3 is 2.42 bits per heavy atom. The van der Waals surface area contributed by atoms with E-state index in [0.29, 0.717) is 15.7 Å². The molecular weight excluding hydrogens is 403 g/mol. The SMILES string of the molecule is O=C(Nc1ccc(Cl)cc1I)c1cc(Cl)ccc1F. The zero-order chi connectivity index (χ0) is 14.0. The predicted octanol–water partition coefficient (Wildman–Crippen LogP) is 4.99. The number of halogens is 4. The summed E-state index contributed by atoms with van der Waals surface area (Å²) in [5, 5.41) is 3.49. The fourth-order valence-corrected chi connectivity index (χ4v) is 2.63. The second-order valence-corrected chi connectivity index (χ2v) is 5.74. The van der Waals surface area contributed by atoms with Crippen molar-refractivity contribution in [3.05, 3.63) is 61.4 Å². The highest BCUT2D eigenvalue weighted by atomic mass is 127. The summed E-state index contributed by atoms with van der Waals surface area (Å²) >= 11 is 13.6. The molecule has 0 aliphatic heterocycles. The van der Waals surface area contributed by atoms with Crippen molar-refractivity contribution in [1.29, 1.82) is 0 Å². The lowest BCUT2D eigenvalue weighted by Gasteiger charge is -2.08. The van der Waals surface area contributed by atoms with E-state index in [4.69, 9.17) is 23.2 Å². The van der Waals surface area contributed by atoms with Crippen LogP contribution >= 0.6 is 45.8 Å². The molecule has 0 bridgehead atoms. The van der Waals surface area contributed by atoms with Crippen molar-refractivity contribution in [3.8, 4) is 0 Å². The number of anilines is 1. The molecule has 0 fully saturated rings. The third-order valence-corrected chi connectivity index (χ3v) is 3.72. The Hall–Kier alpha value is -0.850. The lowest BCUT2D eigenvalue weighted by molar-refractivity contribution is 0.102. The van der Waals surface area contributed by atoms with Crippen LogP contribution in [0.2, 0.25) is 10.0 Å². The van der Waals surface area contributed by atoms with Crippen LogP contribution in [0.4, 0.5) is 10.1 Å². The summed E-state index contributed by atoms with van der Waals surface area (Å²) < 4.78 is 14.3. The Morgan fingerprint density at radius 2 is 1.74 bits per heavy atom. The first kappa shape index (κ1) is 14.6. The van der Waals surface area contributed by atoms with Crippen LogP contribution < -0.4 is 5.32 Å². The normalized spacial score (nSPS) is 10.3. The molecule has 0 unspecified atom stereocenters. The molecule has 98 valence electrons. The third kappa shape index (κ3) is 3.58. The van der Waals surface area contributed by atoms with Gasteiger partial charge in [0.15, 0.2) is 0 Å². The fourth-order valence-electron chi connectivity index (χ4n) is 1.45. The minimum atomic E-state index is -0.620. The smallest absolute Gasteiger partial charge is 0.258 e. The molecule has 1 N–H and O–H groups in total. The molecule has 0 heterocycles. The highest BCUT2D eigenvalue weighted by Gasteiger charge is 2.13. The molecule has 0 aliphatic rings. The van der Waals surface area contributed by atoms with Crippen molar-refractivity contribution in [1.82, 2.24) is 0 Å². The second kappa shape index (κ2) is 6.07. The monoisotopic (exact) mass is 409 g/mol. The zero-order valence-corrected chi connectivity index (χ0v) is 13.1. The molecule has 19 heavy (non-hydrogen) atoms. The van der Waals surface area contributed by atoms with E-state index in [9.17, 15) is 9.18 Å². The van der Waals surface area contributed by atoms with Crippen molar-refractivity contribution in [2.75, 3.05) is 5.32 Å². The highest BCUT2D eigenvalue weighted by Crippen LogP contribution is 2.23. The molecule has 0 saturated heterocycles. The molecule has 2 aromatic carbocycles. The second-order valence-electron chi connectivity index (χ2n) is 3.70. The number of hydrogen-bond acceptors (Lipinski definition) is 1. The van der Waals surface area contributed by atoms with E-state index in [2.05, 4.69) is 5.32 Å². The number of amides is 1. The quantitative estimate of drug-likeness (QED) is 0.695. The van der Waals surface area contributed by atoms with E-state index in [1.165, 1.54) is 12.1 Å². The lowest BCUT2D eigenvalue weighted by Crippen LogP contribution is -2.14. The van der Waals surface area contributed by atoms with Gasteiger partial charge >= 0.3 is 0 Å². The Bertz CT molecular complexity index is 649. The fraction of sp³-hybridized carbons (Fsp3) is 0. The summed E-state index contributed by atoms with van der Waals surface area (Å²) in [6, 6.07) is 8.84. The number of carbonyl (C=O) groups excluding carboxylic acids is 1. The minimum Gasteiger partial charge on any atom is -0.321 e. The average molecular weight is 410 g/mol. The van der Waals surface area contributed by atoms with Crippen molar-refractivity contribution < 1.29 is 9.18 Å². The predicted molar refractivity (Wildman–Crippen MR) is 83.5 cm³/mol. The molecule has 0 saturated carbocycles. The van der Waals surface area contributed by atoms with E-state index in [-0.39, 0.29) is 5.56 Å². The van der Waals surface area contributed by atoms with Crippen LogP contribution in [0.25, 0.3) is 0 Å². The van der Waals surface area contributed by atoms with Gasteiger partial charge in [0.05, 0.1) is 11.3 Å². The van der Waals surface area contributed by atoms with Crippen LogP contribution in [0, 0.1) is 9.39 Å². The molecule has 2 rings (SSSR count). The first-order valence-electron chi connectivity index (χ1n) is 5.19. The van der Waals surface area contributed by atoms with Gasteiger partial charge in [-0.2, -0.15) is 0 Å². The third-order valence-electron chi connectivity index (χ3n) is 2.35. The van der Waals surface area contributed by atoms with Gasteiger partial charge in [-0.15, -0.1) is 0 Å². The Balaban J connectivity index is 2.28. The van der Waals surface area contributed by atoms with E-state index in [0.717, 1.165) is 9.64 Å². The van der Waals surface area contributed by atoms with Gasteiger partial charge < -0.3 is 5.32 Å². The van der Waals surface area contributed by atoms with Gasteiger partial charge in [0, 0.05) is 13.6 Å². The van der Waals surface area contributed by atoms with Crippen molar-refractivity contribution in [2.45, 2.75) is 0 Å². The maximum absolute atomic E-state index is 13.5. The molecule has 0 spiro atoms. The van der Waals surface area contributed by atoms with Crippen LogP contribution in [0.5, 0.6) is 0 Å². The van der Waals surface area contributed by atoms with E-state index < -0.39 is 11.7 Å². The summed E-state index contributed by atoms with van der Waals surface area (Å²) in [6.45, 7) is 0. The molecule has 6 heteroatoms. The minimum absolute atomic E-state index is 0.0988. The first-order valence-corrected chi connectivity index (χ1v) is 7.02. The maximum atomic E-state index is 13.5. The van der Waals surface area contributed by atoms with Gasteiger partial charge in [0.1, 0.15) is 5.82 Å². The molecule has 0 atom stereocenters. The number of nitrogens with one attached hydrogen (secondary N) is 1. The summed E-state index contributed by atoms with van der Waals surface area (Å²) in [5.74, 6) is -1.17. The van der Waals surface area contributed by atoms with Gasteiger partial charge in [-0.05, 0) is 59.0 Å². The molecule has 2 aromatic rings. The largest absolute Gasteiger partial charge is 0.321 e. The zero-order valence-electron chi connectivity index (χ0n) is 9.38. The van der Waals surface area contributed by atoms with Crippen LogP contribution in [0.15, 0.2) is 36.4 Å². The van der Waals surface area contributed by atoms with Gasteiger partial charge in [0.2, 0.25) is 0 Å². The van der Waals surface area contributed by atoms with Crippen molar-refractivity contribution in [3.63, 3.8) is 0 Å². The molecule has 0 aliphatic carbocycles. The highest BCUT2D eigenvalue weighted by molar-refractivity contribution is 14.1. The van der Waals surface area contributed by atoms with E-state index in [1.54, 1.807) is 18.2 Å². The Kier molecular flexibility index (Phi) is 4.65. The maximum Gasteiger partial charge on any atom is 0.258 e. The van der Waals surface area contributed by atoms with E-state index in [1.807, 2.05) is 22.6 Å². The first-order chi connectivity index (χ1) is 8.97. The van der Waals surface area contributed by atoms with Gasteiger partial charge in [-0.25, -0.2) is 4.39 Å². The molecule has 1 amide bonds. The van der Waals surface area contributed by atoms with Crippen LogP contribution in [-0.2, 0) is 0 Å². The standard InChI is InChI=1S/C13H7Cl2FINO/c14-7-1-3-10(16)9(5-7)13(19)18-12-4-2-8(15)6-11(12)17/h1-6H,(H,18,19). The summed E-state index contributed by atoms with van der Waals surface area (Å²) in [6.07, 6.45) is 0. The van der Waals surface area contributed by atoms with Gasteiger partial charge in [-0.3, -0.25) is 4.79 Å². The molecule has 2 nitrogen and oxygen atoms in total. The number of hydrogen-bond donors (Lipinski definition) is 1. The lowest BCUT2D eigenvalue weighted by atomic mass is 10.2. The van der Waals surface area contributed by atoms with Gasteiger partial charge in [0.25, 0.3) is 5.91 Å². The molecule has 0 aromatic heterocycles. The average Bonchev–Trinajstić information content (AvgIpc) is 2.35. The Labute approximate surface area is 133 Å².